The molecule has 2 heterocycles. The van der Waals surface area contributed by atoms with Gasteiger partial charge in [0.15, 0.2) is 8.93 Å². The fourth-order valence-corrected chi connectivity index (χ4v) is 3.81. The van der Waals surface area contributed by atoms with E-state index < -0.39 is 0 Å². The molecule has 4 nitrogen and oxygen atoms in total. The summed E-state index contributed by atoms with van der Waals surface area (Å²) in [4.78, 5) is 19.4. The standard InChI is InChI=1S/C16H12BrIN2O2S/c1-2-20-15(21)13(9-11-8-12(17)14(18)22-11)23-16(20)19-10-6-4-3-5-7-10/h3-9H,2H2,1H3/b13-9-,19-16?. The van der Waals surface area contributed by atoms with Crippen LogP contribution in [-0.4, -0.2) is 22.5 Å². The molecule has 7 heteroatoms. The van der Waals surface area contributed by atoms with Crippen molar-refractivity contribution in [3.8, 4) is 0 Å². The molecule has 2 aromatic rings. The van der Waals surface area contributed by atoms with E-state index >= 15 is 0 Å². The fourth-order valence-electron chi connectivity index (χ4n) is 2.05. The molecule has 0 bridgehead atoms. The molecule has 118 valence electrons. The molecular weight excluding hydrogens is 491 g/mol. The van der Waals surface area contributed by atoms with Gasteiger partial charge in [0.05, 0.1) is 15.1 Å². The van der Waals surface area contributed by atoms with Crippen LogP contribution in [0.1, 0.15) is 12.7 Å². The Bertz CT molecular complexity index is 782. The number of hydrogen-bond acceptors (Lipinski definition) is 4. The molecular formula is C16H12BrIN2O2S. The number of furan rings is 1. The van der Waals surface area contributed by atoms with Crippen LogP contribution in [0.5, 0.6) is 0 Å². The lowest BCUT2D eigenvalue weighted by Crippen LogP contribution is -2.28. The zero-order chi connectivity index (χ0) is 16.4. The fraction of sp³-hybridized carbons (Fsp3) is 0.125. The molecule has 0 N–H and O–H groups in total. The second kappa shape index (κ2) is 7.23. The van der Waals surface area contributed by atoms with Gasteiger partial charge in [-0.3, -0.25) is 9.69 Å². The molecule has 0 radical (unpaired) electrons. The van der Waals surface area contributed by atoms with Crippen molar-refractivity contribution in [3.05, 3.63) is 55.3 Å². The van der Waals surface area contributed by atoms with Gasteiger partial charge in [-0.2, -0.15) is 0 Å². The number of para-hydroxylation sites is 1. The van der Waals surface area contributed by atoms with E-state index in [1.54, 1.807) is 11.0 Å². The van der Waals surface area contributed by atoms with Crippen LogP contribution in [0.15, 0.2) is 55.2 Å². The van der Waals surface area contributed by atoms with Crippen LogP contribution < -0.4 is 0 Å². The minimum absolute atomic E-state index is 0.0466. The van der Waals surface area contributed by atoms with Gasteiger partial charge >= 0.3 is 0 Å². The highest BCUT2D eigenvalue weighted by molar-refractivity contribution is 14.1. The summed E-state index contributed by atoms with van der Waals surface area (Å²) >= 11 is 6.87. The maximum Gasteiger partial charge on any atom is 0.266 e. The van der Waals surface area contributed by atoms with Crippen molar-refractivity contribution in [3.63, 3.8) is 0 Å². The first kappa shape index (κ1) is 16.8. The lowest BCUT2D eigenvalue weighted by atomic mass is 10.3. The number of rotatable bonds is 3. The predicted octanol–water partition coefficient (Wildman–Crippen LogP) is 5.27. The maximum absolute atomic E-state index is 12.5. The number of halogens is 2. The van der Waals surface area contributed by atoms with E-state index in [0.717, 1.165) is 13.9 Å². The number of likely N-dealkylation sites (N-methyl/N-ethyl adjacent to an activating group) is 1. The Balaban J connectivity index is 1.93. The molecule has 1 fully saturated rings. The Morgan fingerprint density at radius 1 is 1.39 bits per heavy atom. The highest BCUT2D eigenvalue weighted by atomic mass is 127. The molecule has 0 unspecified atom stereocenters. The largest absolute Gasteiger partial charge is 0.450 e. The van der Waals surface area contributed by atoms with Gasteiger partial charge in [0.1, 0.15) is 5.76 Å². The number of carbonyl (C=O) groups is 1. The monoisotopic (exact) mass is 502 g/mol. The van der Waals surface area contributed by atoms with Crippen molar-refractivity contribution in [1.82, 2.24) is 4.90 Å². The van der Waals surface area contributed by atoms with Crippen LogP contribution in [0, 0.1) is 3.77 Å². The lowest BCUT2D eigenvalue weighted by molar-refractivity contribution is -0.122. The first-order chi connectivity index (χ1) is 11.1. The summed E-state index contributed by atoms with van der Waals surface area (Å²) in [5, 5.41) is 0.690. The van der Waals surface area contributed by atoms with Crippen LogP contribution >= 0.6 is 50.3 Å². The predicted molar refractivity (Wildman–Crippen MR) is 106 cm³/mol. The lowest BCUT2D eigenvalue weighted by Gasteiger charge is -2.11. The number of amides is 1. The van der Waals surface area contributed by atoms with Crippen LogP contribution in [0.2, 0.25) is 0 Å². The Morgan fingerprint density at radius 2 is 2.13 bits per heavy atom. The highest BCUT2D eigenvalue weighted by Gasteiger charge is 2.32. The molecule has 1 saturated heterocycles. The average Bonchev–Trinajstić information content (AvgIpc) is 3.00. The number of benzene rings is 1. The van der Waals surface area contributed by atoms with E-state index in [4.69, 9.17) is 4.42 Å². The molecule has 23 heavy (non-hydrogen) atoms. The van der Waals surface area contributed by atoms with E-state index in [1.165, 1.54) is 11.8 Å². The minimum atomic E-state index is -0.0466. The summed E-state index contributed by atoms with van der Waals surface area (Å²) in [6, 6.07) is 11.5. The quantitative estimate of drug-likeness (QED) is 0.424. The Morgan fingerprint density at radius 3 is 2.74 bits per heavy atom. The number of amidine groups is 1. The van der Waals surface area contributed by atoms with E-state index in [9.17, 15) is 4.79 Å². The molecule has 1 aliphatic rings. The van der Waals surface area contributed by atoms with Gasteiger partial charge in [-0.1, -0.05) is 18.2 Å². The van der Waals surface area contributed by atoms with Crippen molar-refractivity contribution in [2.24, 2.45) is 4.99 Å². The molecule has 1 aromatic heterocycles. The SMILES string of the molecule is CCN1C(=O)/C(=C/c2cc(Br)c(I)o2)SC1=Nc1ccccc1. The number of thioether (sulfide) groups is 1. The van der Waals surface area contributed by atoms with Gasteiger partial charge in [0.25, 0.3) is 5.91 Å². The molecule has 0 saturated carbocycles. The number of nitrogens with zero attached hydrogens (tertiary/aromatic N) is 2. The van der Waals surface area contributed by atoms with E-state index in [-0.39, 0.29) is 5.91 Å². The molecule has 0 atom stereocenters. The van der Waals surface area contributed by atoms with Crippen molar-refractivity contribution < 1.29 is 9.21 Å². The van der Waals surface area contributed by atoms with Gasteiger partial charge in [0, 0.05) is 35.2 Å². The summed E-state index contributed by atoms with van der Waals surface area (Å²) < 4.78 is 7.23. The number of aliphatic imine (C=N–C) groups is 1. The van der Waals surface area contributed by atoms with Crippen molar-refractivity contribution in [2.45, 2.75) is 6.92 Å². The van der Waals surface area contributed by atoms with Crippen LogP contribution in [0.3, 0.4) is 0 Å². The highest BCUT2D eigenvalue weighted by Crippen LogP contribution is 2.35. The molecule has 0 aliphatic carbocycles. The summed E-state index contributed by atoms with van der Waals surface area (Å²) in [7, 11) is 0. The summed E-state index contributed by atoms with van der Waals surface area (Å²) in [5.41, 5.74) is 0.831. The van der Waals surface area contributed by atoms with Crippen molar-refractivity contribution in [2.75, 3.05) is 6.54 Å². The third kappa shape index (κ3) is 3.72. The molecule has 1 aromatic carbocycles. The van der Waals surface area contributed by atoms with Gasteiger partial charge in [-0.25, -0.2) is 4.99 Å². The molecule has 1 aliphatic heterocycles. The van der Waals surface area contributed by atoms with Crippen molar-refractivity contribution >= 4 is 73.1 Å². The second-order valence-corrected chi connectivity index (χ2v) is 7.50. The minimum Gasteiger partial charge on any atom is -0.450 e. The van der Waals surface area contributed by atoms with E-state index in [1.807, 2.05) is 43.3 Å². The Labute approximate surface area is 160 Å². The van der Waals surface area contributed by atoms with Crippen LogP contribution in [0.25, 0.3) is 6.08 Å². The summed E-state index contributed by atoms with van der Waals surface area (Å²) in [6.45, 7) is 2.52. The van der Waals surface area contributed by atoms with Crippen LogP contribution in [0.4, 0.5) is 5.69 Å². The Hall–Kier alpha value is -1.06. The molecule has 3 rings (SSSR count). The van der Waals surface area contributed by atoms with Gasteiger partial charge in [0.2, 0.25) is 0 Å². The van der Waals surface area contributed by atoms with Gasteiger partial charge in [-0.05, 0) is 52.8 Å². The zero-order valence-electron chi connectivity index (χ0n) is 12.1. The van der Waals surface area contributed by atoms with Gasteiger partial charge in [-0.15, -0.1) is 0 Å². The third-order valence-electron chi connectivity index (χ3n) is 3.12. The topological polar surface area (TPSA) is 45.8 Å². The third-order valence-corrected chi connectivity index (χ3v) is 6.26. The first-order valence-corrected chi connectivity index (χ1v) is 9.57. The van der Waals surface area contributed by atoms with Gasteiger partial charge < -0.3 is 4.42 Å². The zero-order valence-corrected chi connectivity index (χ0v) is 16.7. The number of carbonyl (C=O) groups excluding carboxylic acids is 1. The first-order valence-electron chi connectivity index (χ1n) is 6.88. The average molecular weight is 503 g/mol. The number of hydrogen-bond donors (Lipinski definition) is 0. The second-order valence-electron chi connectivity index (χ2n) is 4.66. The van der Waals surface area contributed by atoms with Crippen LogP contribution in [-0.2, 0) is 4.79 Å². The molecule has 1 amide bonds. The summed E-state index contributed by atoms with van der Waals surface area (Å²) in [5.74, 6) is 0.601. The smallest absolute Gasteiger partial charge is 0.266 e. The van der Waals surface area contributed by atoms with Crippen molar-refractivity contribution in [1.29, 1.82) is 0 Å². The normalized spacial score (nSPS) is 18.4. The van der Waals surface area contributed by atoms with E-state index in [0.29, 0.717) is 22.4 Å². The van der Waals surface area contributed by atoms with E-state index in [2.05, 4.69) is 43.5 Å². The summed E-state index contributed by atoms with van der Waals surface area (Å²) in [6.07, 6.45) is 1.76. The maximum atomic E-state index is 12.5. The molecule has 0 spiro atoms. The Kier molecular flexibility index (Phi) is 5.27.